The Morgan fingerprint density at radius 2 is 1.23 bits per heavy atom. The molecule has 4 aromatic rings. The Morgan fingerprint density at radius 1 is 0.704 bits per heavy atom. The number of aromatic nitrogens is 3. The second-order valence-electron chi connectivity index (χ2n) is 19.7. The van der Waals surface area contributed by atoms with Crippen molar-refractivity contribution in [1.82, 2.24) is 29.0 Å². The fraction of sp³-hybridized carbons (Fsp3) is 0.561. The number of nitriles is 1. The molecule has 2 amide bonds. The number of carbonyl (C=O) groups excluding carboxylic acids is 3. The SMILES string of the molecule is COc1ccc(C(OCCn2c(=O)n(CCNC(=O)COCCOCCOC3OC(COC(C)=O)C(C)C(C)C3NC(C)=O)c(=O)n(CCOP(OCCC#N)N(C(C)C)C(C)C)c2=O)(c2ccccc2)c2ccc(OC)cc2)cc1. The summed E-state index contributed by atoms with van der Waals surface area (Å²) in [6.07, 6.45) is -1.13. The van der Waals surface area contributed by atoms with E-state index in [4.69, 9.17) is 46.9 Å². The van der Waals surface area contributed by atoms with Gasteiger partial charge < -0.3 is 57.6 Å². The molecule has 23 nitrogen and oxygen atoms in total. The lowest BCUT2D eigenvalue weighted by Gasteiger charge is -2.44. The Hall–Kier alpha value is -6.32. The summed E-state index contributed by atoms with van der Waals surface area (Å²) in [6, 6.07) is 25.9. The minimum absolute atomic E-state index is 0.0160. The van der Waals surface area contributed by atoms with Crippen molar-refractivity contribution in [3.05, 3.63) is 127 Å². The van der Waals surface area contributed by atoms with Crippen LogP contribution in [0.5, 0.6) is 11.5 Å². The van der Waals surface area contributed by atoms with Gasteiger partial charge in [0.05, 0.1) is 98.2 Å². The van der Waals surface area contributed by atoms with E-state index in [1.54, 1.807) is 14.2 Å². The topological polar surface area (TPSA) is 261 Å². The lowest BCUT2D eigenvalue weighted by Crippen LogP contribution is -2.58. The molecule has 6 unspecified atom stereocenters. The number of hydrogen-bond donors (Lipinski definition) is 2. The first kappa shape index (κ1) is 65.5. The molecule has 1 aliphatic rings. The van der Waals surface area contributed by atoms with E-state index in [1.807, 2.05) is 125 Å². The van der Waals surface area contributed by atoms with E-state index in [9.17, 15) is 34.0 Å². The quantitative estimate of drug-likeness (QED) is 0.0277. The van der Waals surface area contributed by atoms with Crippen molar-refractivity contribution in [1.29, 1.82) is 5.26 Å². The Bertz CT molecular complexity index is 2770. The van der Waals surface area contributed by atoms with Crippen LogP contribution in [0.1, 0.15) is 78.5 Å². The van der Waals surface area contributed by atoms with E-state index in [-0.39, 0.29) is 122 Å². The van der Waals surface area contributed by atoms with Gasteiger partial charge >= 0.3 is 23.0 Å². The highest BCUT2D eigenvalue weighted by molar-refractivity contribution is 7.44. The van der Waals surface area contributed by atoms with Gasteiger partial charge in [-0.1, -0.05) is 68.4 Å². The maximum Gasteiger partial charge on any atom is 0.336 e. The number of methoxy groups -OCH3 is 2. The van der Waals surface area contributed by atoms with E-state index < -0.39 is 61.5 Å². The van der Waals surface area contributed by atoms with Crippen LogP contribution in [0.2, 0.25) is 0 Å². The van der Waals surface area contributed by atoms with Crippen molar-refractivity contribution >= 4 is 26.3 Å². The molecule has 6 atom stereocenters. The van der Waals surface area contributed by atoms with Gasteiger partial charge in [-0.2, -0.15) is 5.26 Å². The molecule has 1 aliphatic heterocycles. The smallest absolute Gasteiger partial charge is 0.336 e. The summed E-state index contributed by atoms with van der Waals surface area (Å²) in [5.41, 5.74) is -1.84. The van der Waals surface area contributed by atoms with Crippen molar-refractivity contribution in [2.24, 2.45) is 11.8 Å². The van der Waals surface area contributed by atoms with Crippen LogP contribution in [0, 0.1) is 23.2 Å². The van der Waals surface area contributed by atoms with E-state index in [1.165, 1.54) is 13.8 Å². The summed E-state index contributed by atoms with van der Waals surface area (Å²) in [4.78, 5) is 79.6. The third-order valence-corrected chi connectivity index (χ3v) is 15.7. The molecule has 0 bridgehead atoms. The molecule has 0 aliphatic carbocycles. The molecule has 1 saturated heterocycles. The molecule has 1 aromatic heterocycles. The number of nitrogens with zero attached hydrogens (tertiary/aromatic N) is 5. The van der Waals surface area contributed by atoms with E-state index in [0.717, 1.165) is 30.4 Å². The Morgan fingerprint density at radius 3 is 1.78 bits per heavy atom. The van der Waals surface area contributed by atoms with Crippen LogP contribution in [0.4, 0.5) is 0 Å². The van der Waals surface area contributed by atoms with Crippen LogP contribution in [0.15, 0.2) is 93.2 Å². The third-order valence-electron chi connectivity index (χ3n) is 13.5. The molecule has 81 heavy (non-hydrogen) atoms. The predicted molar refractivity (Wildman–Crippen MR) is 300 cm³/mol. The van der Waals surface area contributed by atoms with Crippen molar-refractivity contribution < 1.29 is 61.3 Å². The van der Waals surface area contributed by atoms with Gasteiger partial charge in [-0.15, -0.1) is 0 Å². The van der Waals surface area contributed by atoms with Crippen LogP contribution in [-0.4, -0.2) is 147 Å². The first-order valence-corrected chi connectivity index (χ1v) is 28.2. The minimum atomic E-state index is -1.74. The Labute approximate surface area is 474 Å². The fourth-order valence-corrected chi connectivity index (χ4v) is 11.0. The van der Waals surface area contributed by atoms with Crippen LogP contribution < -0.4 is 37.2 Å². The largest absolute Gasteiger partial charge is 0.497 e. The van der Waals surface area contributed by atoms with Crippen LogP contribution >= 0.6 is 8.53 Å². The number of amides is 2. The molecular weight excluding hydrogens is 1070 g/mol. The first-order valence-electron chi connectivity index (χ1n) is 27.1. The average molecular weight is 1150 g/mol. The van der Waals surface area contributed by atoms with Crippen molar-refractivity contribution in [2.45, 2.75) is 118 Å². The number of rotatable bonds is 34. The molecular formula is C57H80N7O16P. The Kier molecular flexibility index (Phi) is 26.6. The molecule has 444 valence electrons. The molecule has 5 rings (SSSR count). The van der Waals surface area contributed by atoms with Crippen molar-refractivity contribution in [3.63, 3.8) is 0 Å². The summed E-state index contributed by atoms with van der Waals surface area (Å²) in [5, 5.41) is 14.8. The number of esters is 1. The maximum atomic E-state index is 14.5. The summed E-state index contributed by atoms with van der Waals surface area (Å²) < 4.78 is 63.5. The summed E-state index contributed by atoms with van der Waals surface area (Å²) in [5.74, 6) is -0.0729. The van der Waals surface area contributed by atoms with Crippen molar-refractivity contribution in [3.8, 4) is 17.6 Å². The van der Waals surface area contributed by atoms with Crippen LogP contribution in [0.3, 0.4) is 0 Å². The van der Waals surface area contributed by atoms with Gasteiger partial charge in [-0.25, -0.2) is 32.8 Å². The number of nitrogens with one attached hydrogen (secondary N) is 2. The molecule has 3 aromatic carbocycles. The Balaban J connectivity index is 1.30. The summed E-state index contributed by atoms with van der Waals surface area (Å²) in [7, 11) is 1.41. The zero-order chi connectivity index (χ0) is 59.1. The first-order chi connectivity index (χ1) is 38.9. The van der Waals surface area contributed by atoms with Gasteiger partial charge in [0.1, 0.15) is 30.3 Å². The standard InChI is InChI=1S/C57H80N7O16P/c1-39(2)64(40(3)4)81(78-30-14-25-58)79-32-29-63-55(69)61(27-26-59-51(67)38-74-34-33-73-35-36-75-53-52(60-43(7)65)42(6)41(5)50(80-53)37-76-44(8)66)54(68)62(56(63)70)28-31-77-57(45-15-12-11-13-16-45,46-17-21-48(71-9)22-18-46)47-19-23-49(72-10)24-20-47/h11-13,15-24,39-42,50,52-53H,14,26-38H2,1-10H3,(H,59,67)(H,60,65). The molecule has 0 spiro atoms. The van der Waals surface area contributed by atoms with Gasteiger partial charge in [0.25, 0.3) is 8.53 Å². The van der Waals surface area contributed by atoms with Gasteiger partial charge in [-0.3, -0.25) is 14.4 Å². The number of hydrogen-bond acceptors (Lipinski definition) is 18. The van der Waals surface area contributed by atoms with Gasteiger partial charge in [0.15, 0.2) is 6.29 Å². The number of ether oxygens (including phenoxy) is 8. The van der Waals surface area contributed by atoms with Crippen molar-refractivity contribution in [2.75, 3.05) is 80.2 Å². The van der Waals surface area contributed by atoms with Gasteiger partial charge in [-0.05, 0) is 80.5 Å². The monoisotopic (exact) mass is 1150 g/mol. The lowest BCUT2D eigenvalue weighted by atomic mass is 9.80. The summed E-state index contributed by atoms with van der Waals surface area (Å²) in [6.45, 7) is 13.3. The average Bonchev–Trinajstić information content (AvgIpc) is 3.47. The third kappa shape index (κ3) is 18.3. The maximum absolute atomic E-state index is 14.5. The second-order valence-corrected chi connectivity index (χ2v) is 21.2. The zero-order valence-corrected chi connectivity index (χ0v) is 49.1. The molecule has 0 radical (unpaired) electrons. The van der Waals surface area contributed by atoms with Crippen LogP contribution in [-0.2, 0) is 77.1 Å². The fourth-order valence-electron chi connectivity index (χ4n) is 9.37. The van der Waals surface area contributed by atoms with E-state index in [2.05, 4.69) is 16.7 Å². The number of carbonyl (C=O) groups is 3. The normalized spacial score (nSPS) is 17.7. The molecule has 24 heteroatoms. The highest BCUT2D eigenvalue weighted by atomic mass is 31.2. The van der Waals surface area contributed by atoms with Crippen LogP contribution in [0.25, 0.3) is 0 Å². The molecule has 0 saturated carbocycles. The molecule has 2 heterocycles. The molecule has 2 N–H and O–H groups in total. The number of benzene rings is 3. The van der Waals surface area contributed by atoms with E-state index in [0.29, 0.717) is 11.5 Å². The minimum Gasteiger partial charge on any atom is -0.497 e. The lowest BCUT2D eigenvalue weighted by molar-refractivity contribution is -0.247. The highest BCUT2D eigenvalue weighted by Crippen LogP contribution is 2.46. The predicted octanol–water partition coefficient (Wildman–Crippen LogP) is 4.72. The summed E-state index contributed by atoms with van der Waals surface area (Å²) >= 11 is 0. The second kappa shape index (κ2) is 33.0. The van der Waals surface area contributed by atoms with E-state index >= 15 is 0 Å². The highest BCUT2D eigenvalue weighted by Gasteiger charge is 2.43. The van der Waals surface area contributed by atoms with Gasteiger partial charge in [0, 0.05) is 39.0 Å². The van der Waals surface area contributed by atoms with Gasteiger partial charge in [0.2, 0.25) is 11.8 Å². The molecule has 1 fully saturated rings. The zero-order valence-electron chi connectivity index (χ0n) is 48.2.